The van der Waals surface area contributed by atoms with E-state index in [-0.39, 0.29) is 0 Å². The van der Waals surface area contributed by atoms with Gasteiger partial charge in [-0.25, -0.2) is 9.97 Å². The van der Waals surface area contributed by atoms with Crippen LogP contribution in [0.25, 0.3) is 11.4 Å². The highest BCUT2D eigenvalue weighted by Gasteiger charge is 2.29. The van der Waals surface area contributed by atoms with Crippen molar-refractivity contribution in [1.82, 2.24) is 9.97 Å². The Balaban J connectivity index is 1.73. The van der Waals surface area contributed by atoms with Crippen molar-refractivity contribution in [2.45, 2.75) is 37.5 Å². The van der Waals surface area contributed by atoms with Crippen molar-refractivity contribution in [1.29, 1.82) is 0 Å². The molecule has 4 rings (SSSR count). The second-order valence-corrected chi connectivity index (χ2v) is 6.88. The summed E-state index contributed by atoms with van der Waals surface area (Å²) >= 11 is 2.27. The van der Waals surface area contributed by atoms with Crippen LogP contribution in [0.3, 0.4) is 0 Å². The van der Waals surface area contributed by atoms with Crippen LogP contribution < -0.4 is 5.73 Å². The van der Waals surface area contributed by atoms with Crippen LogP contribution in [0.15, 0.2) is 24.3 Å². The summed E-state index contributed by atoms with van der Waals surface area (Å²) in [6.07, 6.45) is 5.12. The molecule has 0 bridgehead atoms. The van der Waals surface area contributed by atoms with E-state index in [1.807, 2.05) is 0 Å². The van der Waals surface area contributed by atoms with Crippen molar-refractivity contribution in [2.24, 2.45) is 0 Å². The Morgan fingerprint density at radius 3 is 2.20 bits per heavy atom. The summed E-state index contributed by atoms with van der Waals surface area (Å²) in [6.45, 7) is 0. The Kier molecular flexibility index (Phi) is 2.94. The van der Waals surface area contributed by atoms with Crippen molar-refractivity contribution >= 4 is 28.4 Å². The number of nitrogen functional groups attached to an aromatic ring is 1. The van der Waals surface area contributed by atoms with Crippen molar-refractivity contribution in [2.75, 3.05) is 5.73 Å². The van der Waals surface area contributed by atoms with Gasteiger partial charge in [0.1, 0.15) is 5.82 Å². The minimum Gasteiger partial charge on any atom is -0.383 e. The summed E-state index contributed by atoms with van der Waals surface area (Å²) in [7, 11) is 0. The van der Waals surface area contributed by atoms with Gasteiger partial charge in [0.15, 0.2) is 5.82 Å². The number of hydrogen-bond donors (Lipinski definition) is 1. The summed E-state index contributed by atoms with van der Waals surface area (Å²) in [5, 5.41) is 0. The number of hydrogen-bond acceptors (Lipinski definition) is 3. The smallest absolute Gasteiger partial charge is 0.161 e. The standard InChI is InChI=1S/C16H16IN3/c17-13-14(11-5-6-11)19-16(20-15(13)18)12-7-3-10(4-8-12)9-1-2-9/h3-4,7-9,11H,1-2,5-6H2,(H2,18,19,20). The van der Waals surface area contributed by atoms with Crippen molar-refractivity contribution < 1.29 is 0 Å². The minimum atomic E-state index is 0.594. The molecular weight excluding hydrogens is 361 g/mol. The van der Waals surface area contributed by atoms with E-state index >= 15 is 0 Å². The quantitative estimate of drug-likeness (QED) is 0.820. The maximum Gasteiger partial charge on any atom is 0.161 e. The average molecular weight is 377 g/mol. The molecule has 2 aliphatic carbocycles. The zero-order chi connectivity index (χ0) is 13.7. The molecule has 0 unspecified atom stereocenters. The van der Waals surface area contributed by atoms with Gasteiger partial charge in [-0.05, 0) is 59.8 Å². The fourth-order valence-corrected chi connectivity index (χ4v) is 3.24. The van der Waals surface area contributed by atoms with Crippen LogP contribution in [0.1, 0.15) is 48.8 Å². The average Bonchev–Trinajstić information content (AvgIpc) is 3.34. The topological polar surface area (TPSA) is 51.8 Å². The zero-order valence-corrected chi connectivity index (χ0v) is 13.3. The van der Waals surface area contributed by atoms with Gasteiger partial charge in [0, 0.05) is 11.5 Å². The lowest BCUT2D eigenvalue weighted by Crippen LogP contribution is -2.04. The monoisotopic (exact) mass is 377 g/mol. The van der Waals surface area contributed by atoms with Crippen LogP contribution in [-0.4, -0.2) is 9.97 Å². The third-order valence-electron chi connectivity index (χ3n) is 4.08. The molecule has 20 heavy (non-hydrogen) atoms. The van der Waals surface area contributed by atoms with Gasteiger partial charge in [0.05, 0.1) is 9.26 Å². The lowest BCUT2D eigenvalue weighted by Gasteiger charge is -2.09. The summed E-state index contributed by atoms with van der Waals surface area (Å²) < 4.78 is 1.03. The highest BCUT2D eigenvalue weighted by atomic mass is 127. The molecule has 2 N–H and O–H groups in total. The Morgan fingerprint density at radius 1 is 0.950 bits per heavy atom. The number of nitrogens with zero attached hydrogens (tertiary/aromatic N) is 2. The van der Waals surface area contributed by atoms with Gasteiger partial charge in [0.2, 0.25) is 0 Å². The predicted octanol–water partition coefficient (Wildman–Crippen LogP) is 4.09. The fraction of sp³-hybridized carbons (Fsp3) is 0.375. The normalized spacial score (nSPS) is 18.2. The molecule has 0 saturated heterocycles. The van der Waals surface area contributed by atoms with Crippen molar-refractivity contribution in [3.8, 4) is 11.4 Å². The van der Waals surface area contributed by atoms with E-state index in [4.69, 9.17) is 10.7 Å². The molecule has 0 atom stereocenters. The molecule has 2 aromatic rings. The first-order valence-corrected chi connectivity index (χ1v) is 8.23. The highest BCUT2D eigenvalue weighted by molar-refractivity contribution is 14.1. The van der Waals surface area contributed by atoms with Gasteiger partial charge in [-0.15, -0.1) is 0 Å². The first-order valence-electron chi connectivity index (χ1n) is 7.15. The van der Waals surface area contributed by atoms with Crippen LogP contribution in [0.4, 0.5) is 5.82 Å². The van der Waals surface area contributed by atoms with E-state index in [1.165, 1.54) is 31.2 Å². The number of benzene rings is 1. The van der Waals surface area contributed by atoms with E-state index in [9.17, 15) is 0 Å². The molecule has 0 amide bonds. The van der Waals surface area contributed by atoms with Crippen LogP contribution >= 0.6 is 22.6 Å². The van der Waals surface area contributed by atoms with Gasteiger partial charge >= 0.3 is 0 Å². The van der Waals surface area contributed by atoms with Crippen LogP contribution in [0.5, 0.6) is 0 Å². The fourth-order valence-electron chi connectivity index (χ4n) is 2.56. The first kappa shape index (κ1) is 12.6. The molecule has 2 aliphatic rings. The number of halogens is 1. The second kappa shape index (κ2) is 4.69. The summed E-state index contributed by atoms with van der Waals surface area (Å²) in [5.41, 5.74) is 9.70. The third-order valence-corrected chi connectivity index (χ3v) is 5.19. The van der Waals surface area contributed by atoms with Gasteiger partial charge in [-0.1, -0.05) is 24.3 Å². The van der Waals surface area contributed by atoms with Crippen LogP contribution in [0.2, 0.25) is 0 Å². The van der Waals surface area contributed by atoms with E-state index < -0.39 is 0 Å². The largest absolute Gasteiger partial charge is 0.383 e. The maximum atomic E-state index is 6.05. The van der Waals surface area contributed by atoms with Crippen LogP contribution in [0, 0.1) is 3.57 Å². The Labute approximate surface area is 132 Å². The molecule has 1 aromatic carbocycles. The molecule has 1 aromatic heterocycles. The Morgan fingerprint density at radius 2 is 1.60 bits per heavy atom. The second-order valence-electron chi connectivity index (χ2n) is 5.80. The molecule has 3 nitrogen and oxygen atoms in total. The van der Waals surface area contributed by atoms with Gasteiger partial charge in [-0.3, -0.25) is 0 Å². The minimum absolute atomic E-state index is 0.594. The lowest BCUT2D eigenvalue weighted by atomic mass is 10.1. The third kappa shape index (κ3) is 2.30. The van der Waals surface area contributed by atoms with E-state index in [0.717, 1.165) is 26.6 Å². The number of rotatable bonds is 3. The predicted molar refractivity (Wildman–Crippen MR) is 88.5 cm³/mol. The summed E-state index contributed by atoms with van der Waals surface area (Å²) in [6, 6.07) is 8.68. The molecule has 0 aliphatic heterocycles. The number of anilines is 1. The molecular formula is C16H16IN3. The molecule has 2 fully saturated rings. The van der Waals surface area contributed by atoms with E-state index in [0.29, 0.717) is 11.7 Å². The molecule has 0 spiro atoms. The summed E-state index contributed by atoms with van der Waals surface area (Å²) in [5.74, 6) is 2.77. The van der Waals surface area contributed by atoms with Crippen molar-refractivity contribution in [3.63, 3.8) is 0 Å². The molecule has 2 saturated carbocycles. The molecule has 102 valence electrons. The lowest BCUT2D eigenvalue weighted by molar-refractivity contribution is 0.982. The van der Waals surface area contributed by atoms with Crippen molar-refractivity contribution in [3.05, 3.63) is 39.1 Å². The Bertz CT molecular complexity index is 658. The van der Waals surface area contributed by atoms with Gasteiger partial charge < -0.3 is 5.73 Å². The SMILES string of the molecule is Nc1nc(-c2ccc(C3CC3)cc2)nc(C2CC2)c1I. The number of nitrogens with two attached hydrogens (primary N) is 1. The van der Waals surface area contributed by atoms with Gasteiger partial charge in [-0.2, -0.15) is 0 Å². The molecule has 1 heterocycles. The Hall–Kier alpha value is -1.17. The highest BCUT2D eigenvalue weighted by Crippen LogP contribution is 2.43. The molecule has 0 radical (unpaired) electrons. The number of aromatic nitrogens is 2. The van der Waals surface area contributed by atoms with Gasteiger partial charge in [0.25, 0.3) is 0 Å². The maximum absolute atomic E-state index is 6.05. The zero-order valence-electron chi connectivity index (χ0n) is 11.1. The van der Waals surface area contributed by atoms with Crippen LogP contribution in [-0.2, 0) is 0 Å². The van der Waals surface area contributed by atoms with E-state index in [2.05, 4.69) is 51.8 Å². The molecule has 4 heteroatoms. The van der Waals surface area contributed by atoms with E-state index in [1.54, 1.807) is 0 Å². The summed E-state index contributed by atoms with van der Waals surface area (Å²) in [4.78, 5) is 9.22. The first-order chi connectivity index (χ1) is 9.72.